The second-order valence-corrected chi connectivity index (χ2v) is 4.84. The van der Waals surface area contributed by atoms with Crippen molar-refractivity contribution in [2.24, 2.45) is 11.8 Å². The van der Waals surface area contributed by atoms with E-state index in [1.165, 1.54) is 0 Å². The SMILES string of the molecule is CCOC[CH]OC(CC(C)C)CC(C)C. The van der Waals surface area contributed by atoms with E-state index in [2.05, 4.69) is 27.7 Å². The molecular formula is C13H27O2. The van der Waals surface area contributed by atoms with Gasteiger partial charge in [0.15, 0.2) is 0 Å². The van der Waals surface area contributed by atoms with Crippen molar-refractivity contribution in [1.82, 2.24) is 0 Å². The Morgan fingerprint density at radius 3 is 1.93 bits per heavy atom. The number of ether oxygens (including phenoxy) is 2. The van der Waals surface area contributed by atoms with Crippen LogP contribution in [0.25, 0.3) is 0 Å². The molecule has 0 aliphatic carbocycles. The molecule has 0 N–H and O–H groups in total. The highest BCUT2D eigenvalue weighted by atomic mass is 16.5. The number of hydrogen-bond donors (Lipinski definition) is 0. The van der Waals surface area contributed by atoms with Crippen molar-refractivity contribution in [1.29, 1.82) is 0 Å². The van der Waals surface area contributed by atoms with Crippen molar-refractivity contribution < 1.29 is 9.47 Å². The maximum atomic E-state index is 5.72. The molecule has 91 valence electrons. The van der Waals surface area contributed by atoms with Gasteiger partial charge in [0.2, 0.25) is 0 Å². The summed E-state index contributed by atoms with van der Waals surface area (Å²) in [7, 11) is 0. The van der Waals surface area contributed by atoms with Crippen LogP contribution in [0.2, 0.25) is 0 Å². The Labute approximate surface area is 95.3 Å². The summed E-state index contributed by atoms with van der Waals surface area (Å²) in [6.45, 7) is 14.1. The number of hydrogen-bond acceptors (Lipinski definition) is 2. The molecule has 0 fully saturated rings. The van der Waals surface area contributed by atoms with Crippen molar-refractivity contribution >= 4 is 0 Å². The molecule has 2 nitrogen and oxygen atoms in total. The van der Waals surface area contributed by atoms with E-state index in [0.29, 0.717) is 24.5 Å². The standard InChI is InChI=1S/C13H27O2/c1-6-14-7-8-15-13(9-11(2)3)10-12(4)5/h8,11-13H,6-7,9-10H2,1-5H3. The van der Waals surface area contributed by atoms with Crippen LogP contribution in [0.1, 0.15) is 47.5 Å². The van der Waals surface area contributed by atoms with Gasteiger partial charge in [-0.25, -0.2) is 0 Å². The Kier molecular flexibility index (Phi) is 9.12. The van der Waals surface area contributed by atoms with Crippen LogP contribution in [-0.4, -0.2) is 19.3 Å². The van der Waals surface area contributed by atoms with Crippen LogP contribution in [0.3, 0.4) is 0 Å². The van der Waals surface area contributed by atoms with E-state index in [4.69, 9.17) is 9.47 Å². The first-order chi connectivity index (χ1) is 7.06. The van der Waals surface area contributed by atoms with Crippen LogP contribution in [0.4, 0.5) is 0 Å². The fourth-order valence-electron chi connectivity index (χ4n) is 1.60. The van der Waals surface area contributed by atoms with Crippen LogP contribution >= 0.6 is 0 Å². The molecule has 2 heteroatoms. The zero-order valence-electron chi connectivity index (χ0n) is 11.0. The zero-order valence-corrected chi connectivity index (χ0v) is 11.0. The summed E-state index contributed by atoms with van der Waals surface area (Å²) < 4.78 is 10.9. The smallest absolute Gasteiger partial charge is 0.110 e. The first-order valence-corrected chi connectivity index (χ1v) is 6.11. The van der Waals surface area contributed by atoms with Gasteiger partial charge in [-0.3, -0.25) is 0 Å². The normalized spacial score (nSPS) is 12.0. The van der Waals surface area contributed by atoms with Crippen molar-refractivity contribution in [3.8, 4) is 0 Å². The van der Waals surface area contributed by atoms with E-state index in [1.54, 1.807) is 6.61 Å². The Balaban J connectivity index is 3.69. The molecule has 0 amide bonds. The van der Waals surface area contributed by atoms with Crippen molar-refractivity contribution in [3.63, 3.8) is 0 Å². The summed E-state index contributed by atoms with van der Waals surface area (Å²) in [5, 5.41) is 0. The lowest BCUT2D eigenvalue weighted by molar-refractivity contribution is 0.0331. The Hall–Kier alpha value is -0.0800. The highest BCUT2D eigenvalue weighted by Gasteiger charge is 2.13. The molecule has 0 aromatic heterocycles. The van der Waals surface area contributed by atoms with Gasteiger partial charge in [0.05, 0.1) is 12.7 Å². The van der Waals surface area contributed by atoms with E-state index >= 15 is 0 Å². The van der Waals surface area contributed by atoms with Crippen LogP contribution in [-0.2, 0) is 9.47 Å². The number of rotatable bonds is 9. The van der Waals surface area contributed by atoms with E-state index in [9.17, 15) is 0 Å². The average Bonchev–Trinajstić information content (AvgIpc) is 2.10. The van der Waals surface area contributed by atoms with Gasteiger partial charge in [0.1, 0.15) is 6.61 Å². The van der Waals surface area contributed by atoms with Crippen LogP contribution in [0.15, 0.2) is 0 Å². The molecule has 0 bridgehead atoms. The summed E-state index contributed by atoms with van der Waals surface area (Å²) in [6, 6.07) is 0. The highest BCUT2D eigenvalue weighted by Crippen LogP contribution is 2.17. The highest BCUT2D eigenvalue weighted by molar-refractivity contribution is 4.65. The molecule has 0 aliphatic heterocycles. The molecule has 0 aromatic carbocycles. The molecule has 0 atom stereocenters. The zero-order chi connectivity index (χ0) is 11.7. The predicted octanol–water partition coefficient (Wildman–Crippen LogP) is 3.66. The van der Waals surface area contributed by atoms with Gasteiger partial charge in [0.25, 0.3) is 0 Å². The van der Waals surface area contributed by atoms with Crippen LogP contribution < -0.4 is 0 Å². The predicted molar refractivity (Wildman–Crippen MR) is 64.6 cm³/mol. The molecule has 0 saturated carbocycles. The fourth-order valence-corrected chi connectivity index (χ4v) is 1.60. The van der Waals surface area contributed by atoms with Gasteiger partial charge in [0, 0.05) is 6.61 Å². The van der Waals surface area contributed by atoms with E-state index in [-0.39, 0.29) is 0 Å². The summed E-state index contributed by atoms with van der Waals surface area (Å²) in [5.41, 5.74) is 0. The summed E-state index contributed by atoms with van der Waals surface area (Å²) in [6.07, 6.45) is 2.60. The molecule has 1 radical (unpaired) electrons. The fraction of sp³-hybridized carbons (Fsp3) is 0.923. The molecule has 0 spiro atoms. The van der Waals surface area contributed by atoms with Gasteiger partial charge < -0.3 is 9.47 Å². The van der Waals surface area contributed by atoms with Crippen molar-refractivity contribution in [2.75, 3.05) is 13.2 Å². The molecule has 15 heavy (non-hydrogen) atoms. The third kappa shape index (κ3) is 10.2. The van der Waals surface area contributed by atoms with Crippen molar-refractivity contribution in [2.45, 2.75) is 53.6 Å². The first kappa shape index (κ1) is 14.9. The lowest BCUT2D eigenvalue weighted by Crippen LogP contribution is -2.18. The second kappa shape index (κ2) is 9.17. The third-order valence-electron chi connectivity index (χ3n) is 2.15. The van der Waals surface area contributed by atoms with Crippen LogP contribution in [0.5, 0.6) is 0 Å². The van der Waals surface area contributed by atoms with Gasteiger partial charge in [-0.2, -0.15) is 0 Å². The van der Waals surface area contributed by atoms with Gasteiger partial charge in [-0.05, 0) is 31.6 Å². The van der Waals surface area contributed by atoms with Gasteiger partial charge in [-0.15, -0.1) is 0 Å². The Bertz CT molecular complexity index is 122. The Morgan fingerprint density at radius 1 is 1.00 bits per heavy atom. The monoisotopic (exact) mass is 215 g/mol. The Morgan fingerprint density at radius 2 is 1.53 bits per heavy atom. The molecule has 0 saturated heterocycles. The average molecular weight is 215 g/mol. The summed E-state index contributed by atoms with van der Waals surface area (Å²) in [5.74, 6) is 1.38. The van der Waals surface area contributed by atoms with E-state index in [1.807, 2.05) is 6.92 Å². The topological polar surface area (TPSA) is 18.5 Å². The second-order valence-electron chi connectivity index (χ2n) is 4.84. The molecular weight excluding hydrogens is 188 g/mol. The largest absolute Gasteiger partial charge is 0.379 e. The lowest BCUT2D eigenvalue weighted by atomic mass is 9.98. The maximum absolute atomic E-state index is 5.72. The molecule has 0 rings (SSSR count). The molecule has 0 heterocycles. The molecule has 0 aromatic rings. The summed E-state index contributed by atoms with van der Waals surface area (Å²) >= 11 is 0. The van der Waals surface area contributed by atoms with Gasteiger partial charge >= 0.3 is 0 Å². The minimum atomic E-state index is 0.352. The molecule has 0 aliphatic rings. The lowest BCUT2D eigenvalue weighted by Gasteiger charge is -2.21. The maximum Gasteiger partial charge on any atom is 0.110 e. The minimum Gasteiger partial charge on any atom is -0.379 e. The summed E-state index contributed by atoms with van der Waals surface area (Å²) in [4.78, 5) is 0. The minimum absolute atomic E-state index is 0.352. The quantitative estimate of drug-likeness (QED) is 0.546. The van der Waals surface area contributed by atoms with E-state index in [0.717, 1.165) is 19.4 Å². The van der Waals surface area contributed by atoms with Gasteiger partial charge in [-0.1, -0.05) is 27.7 Å². The first-order valence-electron chi connectivity index (χ1n) is 6.11. The van der Waals surface area contributed by atoms with Crippen LogP contribution in [0, 0.1) is 18.4 Å². The third-order valence-corrected chi connectivity index (χ3v) is 2.15. The molecule has 0 unspecified atom stereocenters. The van der Waals surface area contributed by atoms with E-state index < -0.39 is 0 Å². The van der Waals surface area contributed by atoms with Crippen molar-refractivity contribution in [3.05, 3.63) is 6.61 Å².